The van der Waals surface area contributed by atoms with Crippen LogP contribution in [0.1, 0.15) is 25.0 Å². The number of hydrogen-bond donors (Lipinski definition) is 3. The molecule has 0 saturated carbocycles. The molecule has 6 nitrogen and oxygen atoms in total. The molecule has 0 fully saturated rings. The average molecular weight is 299 g/mol. The Morgan fingerprint density at radius 2 is 1.85 bits per heavy atom. The van der Waals surface area contributed by atoms with Gasteiger partial charge in [-0.15, -0.1) is 0 Å². The summed E-state index contributed by atoms with van der Waals surface area (Å²) in [6.07, 6.45) is 0. The van der Waals surface area contributed by atoms with E-state index in [0.717, 1.165) is 5.56 Å². The van der Waals surface area contributed by atoms with Crippen molar-refractivity contribution in [3.63, 3.8) is 0 Å². The van der Waals surface area contributed by atoms with Crippen molar-refractivity contribution in [3.05, 3.63) is 23.3 Å². The third-order valence-corrected chi connectivity index (χ3v) is 4.83. The van der Waals surface area contributed by atoms with Crippen LogP contribution in [0.3, 0.4) is 0 Å². The molecule has 7 heteroatoms. The summed E-state index contributed by atoms with van der Waals surface area (Å²) in [5.41, 5.74) is 11.7. The third kappa shape index (κ3) is 3.49. The van der Waals surface area contributed by atoms with Gasteiger partial charge in [-0.25, -0.2) is 13.1 Å². The van der Waals surface area contributed by atoms with E-state index in [0.29, 0.717) is 11.3 Å². The van der Waals surface area contributed by atoms with Crippen LogP contribution in [-0.2, 0) is 14.8 Å². The molecule has 0 aliphatic rings. The summed E-state index contributed by atoms with van der Waals surface area (Å²) < 4.78 is 27.0. The van der Waals surface area contributed by atoms with Gasteiger partial charge in [0.2, 0.25) is 15.9 Å². The van der Waals surface area contributed by atoms with Gasteiger partial charge in [-0.05, 0) is 51.0 Å². The van der Waals surface area contributed by atoms with Crippen molar-refractivity contribution in [2.45, 2.75) is 32.6 Å². The van der Waals surface area contributed by atoms with Gasteiger partial charge in [0.05, 0.1) is 10.3 Å². The molecule has 0 aromatic heterocycles. The largest absolute Gasteiger partial charge is 0.399 e. The first-order valence-electron chi connectivity index (χ1n) is 6.13. The Balaban J connectivity index is 3.10. The molecule has 0 aliphatic carbocycles. The Labute approximate surface area is 119 Å². The van der Waals surface area contributed by atoms with Crippen LogP contribution in [0.25, 0.3) is 0 Å². The lowest BCUT2D eigenvalue weighted by Gasteiger charge is -2.21. The summed E-state index contributed by atoms with van der Waals surface area (Å²) in [5.74, 6) is -0.569. The fourth-order valence-electron chi connectivity index (χ4n) is 1.57. The van der Waals surface area contributed by atoms with E-state index in [1.165, 1.54) is 6.07 Å². The first-order valence-corrected chi connectivity index (χ1v) is 7.62. The number of primary amides is 1. The number of nitrogens with two attached hydrogens (primary N) is 2. The normalized spacial score (nSPS) is 12.4. The van der Waals surface area contributed by atoms with E-state index in [-0.39, 0.29) is 11.4 Å². The number of anilines is 1. The zero-order valence-corrected chi connectivity index (χ0v) is 13.0. The minimum Gasteiger partial charge on any atom is -0.399 e. The maximum atomic E-state index is 12.3. The van der Waals surface area contributed by atoms with Crippen LogP contribution in [0, 0.1) is 19.3 Å². The molecular weight excluding hydrogens is 278 g/mol. The van der Waals surface area contributed by atoms with Gasteiger partial charge in [0.25, 0.3) is 0 Å². The van der Waals surface area contributed by atoms with Crippen molar-refractivity contribution < 1.29 is 13.2 Å². The predicted octanol–water partition coefficient (Wildman–Crippen LogP) is 0.675. The summed E-state index contributed by atoms with van der Waals surface area (Å²) in [6.45, 7) is 6.59. The lowest BCUT2D eigenvalue weighted by molar-refractivity contribution is -0.125. The van der Waals surface area contributed by atoms with E-state index in [1.54, 1.807) is 33.8 Å². The Bertz CT molecular complexity index is 637. The molecule has 0 radical (unpaired) electrons. The van der Waals surface area contributed by atoms with Crippen molar-refractivity contribution in [3.8, 4) is 0 Å². The van der Waals surface area contributed by atoms with Crippen molar-refractivity contribution in [2.75, 3.05) is 12.3 Å². The lowest BCUT2D eigenvalue weighted by Crippen LogP contribution is -2.42. The van der Waals surface area contributed by atoms with Gasteiger partial charge in [-0.3, -0.25) is 4.79 Å². The fourth-order valence-corrected chi connectivity index (χ4v) is 3.13. The minimum atomic E-state index is -3.74. The quantitative estimate of drug-likeness (QED) is 0.693. The van der Waals surface area contributed by atoms with Crippen molar-refractivity contribution in [2.24, 2.45) is 11.1 Å². The number of hydrogen-bond acceptors (Lipinski definition) is 4. The standard InChI is InChI=1S/C13H21N3O3S/c1-8-5-10(14)6-11(9(8)2)20(18,19)16-7-13(3,4)12(15)17/h5-6,16H,7,14H2,1-4H3,(H2,15,17). The number of nitrogens with one attached hydrogen (secondary N) is 1. The highest BCUT2D eigenvalue weighted by molar-refractivity contribution is 7.89. The number of nitrogen functional groups attached to an aromatic ring is 1. The second-order valence-corrected chi connectivity index (χ2v) is 7.27. The highest BCUT2D eigenvalue weighted by Gasteiger charge is 2.28. The third-order valence-electron chi connectivity index (χ3n) is 3.30. The molecule has 1 amide bonds. The molecular formula is C13H21N3O3S. The number of benzene rings is 1. The van der Waals surface area contributed by atoms with E-state index >= 15 is 0 Å². The molecule has 5 N–H and O–H groups in total. The van der Waals surface area contributed by atoms with Crippen LogP contribution < -0.4 is 16.2 Å². The second kappa shape index (κ2) is 5.41. The monoisotopic (exact) mass is 299 g/mol. The van der Waals surface area contributed by atoms with Gasteiger partial charge in [-0.1, -0.05) is 0 Å². The van der Waals surface area contributed by atoms with Crippen molar-refractivity contribution in [1.29, 1.82) is 0 Å². The number of carbonyl (C=O) groups excluding carboxylic acids is 1. The van der Waals surface area contributed by atoms with Crippen LogP contribution in [0.2, 0.25) is 0 Å². The fraction of sp³-hybridized carbons (Fsp3) is 0.462. The zero-order chi connectivity index (χ0) is 15.7. The lowest BCUT2D eigenvalue weighted by atomic mass is 9.93. The molecule has 0 saturated heterocycles. The van der Waals surface area contributed by atoms with Gasteiger partial charge in [0.1, 0.15) is 0 Å². The van der Waals surface area contributed by atoms with Gasteiger partial charge < -0.3 is 11.5 Å². The van der Waals surface area contributed by atoms with E-state index in [2.05, 4.69) is 4.72 Å². The molecule has 0 bridgehead atoms. The number of aryl methyl sites for hydroxylation is 1. The molecule has 1 rings (SSSR count). The zero-order valence-electron chi connectivity index (χ0n) is 12.1. The molecule has 112 valence electrons. The second-order valence-electron chi connectivity index (χ2n) is 5.53. The maximum absolute atomic E-state index is 12.3. The molecule has 0 unspecified atom stereocenters. The van der Waals surface area contributed by atoms with Crippen LogP contribution in [0.4, 0.5) is 5.69 Å². The van der Waals surface area contributed by atoms with E-state index < -0.39 is 21.3 Å². The molecule has 0 spiro atoms. The SMILES string of the molecule is Cc1cc(N)cc(S(=O)(=O)NCC(C)(C)C(N)=O)c1C. The summed E-state index contributed by atoms with van der Waals surface area (Å²) in [6, 6.07) is 3.11. The Morgan fingerprint density at radius 1 is 1.30 bits per heavy atom. The molecule has 1 aromatic rings. The molecule has 0 aliphatic heterocycles. The van der Waals surface area contributed by atoms with E-state index in [9.17, 15) is 13.2 Å². The Hall–Kier alpha value is -1.60. The Kier molecular flexibility index (Phi) is 4.45. The summed E-state index contributed by atoms with van der Waals surface area (Å²) >= 11 is 0. The predicted molar refractivity (Wildman–Crippen MR) is 78.5 cm³/mol. The first-order chi connectivity index (χ1) is 8.97. The van der Waals surface area contributed by atoms with Crippen molar-refractivity contribution >= 4 is 21.6 Å². The van der Waals surface area contributed by atoms with Gasteiger partial charge in [0.15, 0.2) is 0 Å². The maximum Gasteiger partial charge on any atom is 0.240 e. The van der Waals surface area contributed by atoms with Gasteiger partial charge in [0, 0.05) is 12.2 Å². The van der Waals surface area contributed by atoms with E-state index in [4.69, 9.17) is 11.5 Å². The molecule has 20 heavy (non-hydrogen) atoms. The smallest absolute Gasteiger partial charge is 0.240 e. The van der Waals surface area contributed by atoms with E-state index in [1.807, 2.05) is 0 Å². The van der Waals surface area contributed by atoms with Crippen LogP contribution >= 0.6 is 0 Å². The number of rotatable bonds is 5. The average Bonchev–Trinajstić information content (AvgIpc) is 2.31. The number of sulfonamides is 1. The highest BCUT2D eigenvalue weighted by Crippen LogP contribution is 2.23. The first kappa shape index (κ1) is 16.5. The topological polar surface area (TPSA) is 115 Å². The number of carbonyl (C=O) groups is 1. The summed E-state index contributed by atoms with van der Waals surface area (Å²) in [4.78, 5) is 11.3. The highest BCUT2D eigenvalue weighted by atomic mass is 32.2. The minimum absolute atomic E-state index is 0.0715. The molecule has 0 atom stereocenters. The van der Waals surface area contributed by atoms with Gasteiger partial charge >= 0.3 is 0 Å². The number of amides is 1. The molecule has 0 heterocycles. The summed E-state index contributed by atoms with van der Waals surface area (Å²) in [5, 5.41) is 0. The van der Waals surface area contributed by atoms with Gasteiger partial charge in [-0.2, -0.15) is 0 Å². The Morgan fingerprint density at radius 3 is 2.35 bits per heavy atom. The van der Waals surface area contributed by atoms with Crippen LogP contribution in [0.5, 0.6) is 0 Å². The van der Waals surface area contributed by atoms with Crippen LogP contribution in [-0.4, -0.2) is 20.9 Å². The van der Waals surface area contributed by atoms with Crippen molar-refractivity contribution in [1.82, 2.24) is 4.72 Å². The van der Waals surface area contributed by atoms with Crippen LogP contribution in [0.15, 0.2) is 17.0 Å². The molecule has 1 aromatic carbocycles. The summed E-state index contributed by atoms with van der Waals surface area (Å²) in [7, 11) is -3.74.